The van der Waals surface area contributed by atoms with Crippen LogP contribution in [0.1, 0.15) is 11.4 Å². The highest BCUT2D eigenvalue weighted by Crippen LogP contribution is 2.13. The van der Waals surface area contributed by atoms with E-state index in [1.807, 2.05) is 13.1 Å². The molecule has 92 valence electrons. The molecule has 0 aliphatic heterocycles. The average Bonchev–Trinajstić information content (AvgIpc) is 2.84. The third-order valence-corrected chi connectivity index (χ3v) is 2.87. The second kappa shape index (κ2) is 4.72. The van der Waals surface area contributed by atoms with Gasteiger partial charge in [-0.05, 0) is 12.2 Å². The standard InChI is InChI=1S/C10H14N4O2S/c1-13-9(16-2)3-7(12-13)5-14-8(6-15)4-11-10(14)17/h3-4,15H,5-6H2,1-2H3,(H,11,17). The van der Waals surface area contributed by atoms with E-state index in [4.69, 9.17) is 17.0 Å². The van der Waals surface area contributed by atoms with Gasteiger partial charge >= 0.3 is 0 Å². The molecule has 7 heteroatoms. The maximum absolute atomic E-state index is 9.18. The first-order chi connectivity index (χ1) is 8.15. The quantitative estimate of drug-likeness (QED) is 0.793. The van der Waals surface area contributed by atoms with Crippen molar-refractivity contribution in [2.45, 2.75) is 13.2 Å². The molecule has 2 N–H and O–H groups in total. The predicted octanol–water partition coefficient (Wildman–Crippen LogP) is 0.828. The Morgan fingerprint density at radius 3 is 2.94 bits per heavy atom. The van der Waals surface area contributed by atoms with E-state index in [-0.39, 0.29) is 6.61 Å². The number of aliphatic hydroxyl groups is 1. The second-order valence-electron chi connectivity index (χ2n) is 3.63. The summed E-state index contributed by atoms with van der Waals surface area (Å²) in [5.74, 6) is 0.688. The van der Waals surface area contributed by atoms with Crippen molar-refractivity contribution in [1.29, 1.82) is 0 Å². The third kappa shape index (κ3) is 2.25. The summed E-state index contributed by atoms with van der Waals surface area (Å²) in [4.78, 5) is 2.90. The normalized spacial score (nSPS) is 10.8. The molecule has 2 heterocycles. The summed E-state index contributed by atoms with van der Waals surface area (Å²) < 4.78 is 9.17. The zero-order valence-electron chi connectivity index (χ0n) is 9.67. The van der Waals surface area contributed by atoms with Gasteiger partial charge in [0.15, 0.2) is 4.77 Å². The van der Waals surface area contributed by atoms with Gasteiger partial charge in [0.05, 0.1) is 31.6 Å². The number of hydrogen-bond acceptors (Lipinski definition) is 4. The minimum atomic E-state index is -0.0584. The van der Waals surface area contributed by atoms with Crippen molar-refractivity contribution in [3.8, 4) is 5.88 Å². The molecule has 0 bridgehead atoms. The molecule has 0 aliphatic carbocycles. The molecular formula is C10H14N4O2S. The minimum absolute atomic E-state index is 0.0584. The first-order valence-electron chi connectivity index (χ1n) is 5.10. The smallest absolute Gasteiger partial charge is 0.211 e. The Kier molecular flexibility index (Phi) is 3.30. The molecule has 0 saturated heterocycles. The van der Waals surface area contributed by atoms with E-state index in [0.29, 0.717) is 17.2 Å². The topological polar surface area (TPSA) is 68.0 Å². The van der Waals surface area contributed by atoms with Crippen LogP contribution in [0.5, 0.6) is 5.88 Å². The Morgan fingerprint density at radius 1 is 1.59 bits per heavy atom. The highest BCUT2D eigenvalue weighted by Gasteiger charge is 2.08. The molecule has 6 nitrogen and oxygen atoms in total. The van der Waals surface area contributed by atoms with Crippen LogP contribution in [0.3, 0.4) is 0 Å². The molecule has 2 aromatic heterocycles. The van der Waals surface area contributed by atoms with E-state index in [9.17, 15) is 5.11 Å². The van der Waals surface area contributed by atoms with Gasteiger partial charge in [-0.1, -0.05) is 0 Å². The third-order valence-electron chi connectivity index (χ3n) is 2.53. The Balaban J connectivity index is 2.30. The Hall–Kier alpha value is -1.60. The zero-order chi connectivity index (χ0) is 12.4. The molecule has 0 spiro atoms. The van der Waals surface area contributed by atoms with Crippen LogP contribution in [0, 0.1) is 4.77 Å². The molecule has 2 rings (SSSR count). The highest BCUT2D eigenvalue weighted by molar-refractivity contribution is 7.71. The number of aliphatic hydroxyl groups excluding tert-OH is 1. The number of methoxy groups -OCH3 is 1. The highest BCUT2D eigenvalue weighted by atomic mass is 32.1. The molecule has 17 heavy (non-hydrogen) atoms. The molecule has 0 saturated carbocycles. The monoisotopic (exact) mass is 254 g/mol. The number of aryl methyl sites for hydroxylation is 1. The molecule has 0 unspecified atom stereocenters. The Labute approximate surface area is 103 Å². The fourth-order valence-electron chi connectivity index (χ4n) is 1.67. The van der Waals surface area contributed by atoms with Crippen LogP contribution < -0.4 is 4.74 Å². The lowest BCUT2D eigenvalue weighted by molar-refractivity contribution is 0.271. The van der Waals surface area contributed by atoms with Gasteiger partial charge < -0.3 is 19.4 Å². The van der Waals surface area contributed by atoms with Gasteiger partial charge in [0.1, 0.15) is 0 Å². The van der Waals surface area contributed by atoms with Crippen LogP contribution in [0.2, 0.25) is 0 Å². The van der Waals surface area contributed by atoms with Gasteiger partial charge in [-0.2, -0.15) is 5.10 Å². The van der Waals surface area contributed by atoms with Crippen molar-refractivity contribution >= 4 is 12.2 Å². The number of nitrogens with zero attached hydrogens (tertiary/aromatic N) is 3. The van der Waals surface area contributed by atoms with E-state index in [1.54, 1.807) is 22.6 Å². The van der Waals surface area contributed by atoms with Gasteiger partial charge in [-0.15, -0.1) is 0 Å². The number of imidazole rings is 1. The second-order valence-corrected chi connectivity index (χ2v) is 4.02. The lowest BCUT2D eigenvalue weighted by atomic mass is 10.4. The number of H-pyrrole nitrogens is 1. The summed E-state index contributed by atoms with van der Waals surface area (Å²) in [7, 11) is 3.41. The molecular weight excluding hydrogens is 240 g/mol. The van der Waals surface area contributed by atoms with Crippen molar-refractivity contribution in [3.63, 3.8) is 0 Å². The summed E-state index contributed by atoms with van der Waals surface area (Å²) in [6.07, 6.45) is 1.70. The number of hydrogen-bond donors (Lipinski definition) is 2. The van der Waals surface area contributed by atoms with Crippen molar-refractivity contribution in [2.24, 2.45) is 7.05 Å². The fraction of sp³-hybridized carbons (Fsp3) is 0.400. The van der Waals surface area contributed by atoms with E-state index >= 15 is 0 Å². The zero-order valence-corrected chi connectivity index (χ0v) is 10.5. The van der Waals surface area contributed by atoms with Gasteiger partial charge in [-0.25, -0.2) is 4.68 Å². The van der Waals surface area contributed by atoms with Crippen LogP contribution >= 0.6 is 12.2 Å². The first kappa shape index (κ1) is 11.9. The molecule has 0 radical (unpaired) electrons. The number of aromatic amines is 1. The van der Waals surface area contributed by atoms with Gasteiger partial charge in [0.25, 0.3) is 0 Å². The predicted molar refractivity (Wildman–Crippen MR) is 64.4 cm³/mol. The van der Waals surface area contributed by atoms with Crippen molar-refractivity contribution < 1.29 is 9.84 Å². The molecule has 0 atom stereocenters. The lowest BCUT2D eigenvalue weighted by Crippen LogP contribution is -2.05. The summed E-state index contributed by atoms with van der Waals surface area (Å²) in [5, 5.41) is 13.5. The molecule has 0 aliphatic rings. The molecule has 0 fully saturated rings. The van der Waals surface area contributed by atoms with Gasteiger partial charge in [0, 0.05) is 19.3 Å². The molecule has 0 aromatic carbocycles. The number of ether oxygens (including phenoxy) is 1. The molecule has 0 amide bonds. The van der Waals surface area contributed by atoms with E-state index in [2.05, 4.69) is 10.1 Å². The van der Waals surface area contributed by atoms with E-state index in [0.717, 1.165) is 11.4 Å². The van der Waals surface area contributed by atoms with E-state index < -0.39 is 0 Å². The van der Waals surface area contributed by atoms with Crippen LogP contribution in [0.25, 0.3) is 0 Å². The van der Waals surface area contributed by atoms with Crippen LogP contribution in [0.4, 0.5) is 0 Å². The summed E-state index contributed by atoms with van der Waals surface area (Å²) in [6, 6.07) is 1.84. The Bertz CT molecular complexity index is 569. The summed E-state index contributed by atoms with van der Waals surface area (Å²) in [5.41, 5.74) is 1.56. The number of aromatic nitrogens is 4. The van der Waals surface area contributed by atoms with E-state index in [1.165, 1.54) is 0 Å². The summed E-state index contributed by atoms with van der Waals surface area (Å²) in [6.45, 7) is 0.451. The fourth-order valence-corrected chi connectivity index (χ4v) is 1.91. The van der Waals surface area contributed by atoms with Crippen molar-refractivity contribution in [1.82, 2.24) is 19.3 Å². The van der Waals surface area contributed by atoms with Crippen LogP contribution in [0.15, 0.2) is 12.3 Å². The molecule has 2 aromatic rings. The minimum Gasteiger partial charge on any atom is -0.481 e. The largest absolute Gasteiger partial charge is 0.481 e. The maximum atomic E-state index is 9.18. The maximum Gasteiger partial charge on any atom is 0.211 e. The number of nitrogens with one attached hydrogen (secondary N) is 1. The van der Waals surface area contributed by atoms with Gasteiger partial charge in [0.2, 0.25) is 5.88 Å². The van der Waals surface area contributed by atoms with Crippen molar-refractivity contribution in [3.05, 3.63) is 28.4 Å². The summed E-state index contributed by atoms with van der Waals surface area (Å²) >= 11 is 5.14. The van der Waals surface area contributed by atoms with Crippen LogP contribution in [-0.4, -0.2) is 31.5 Å². The first-order valence-corrected chi connectivity index (χ1v) is 5.51. The van der Waals surface area contributed by atoms with Crippen LogP contribution in [-0.2, 0) is 20.2 Å². The lowest BCUT2D eigenvalue weighted by Gasteiger charge is -2.03. The average molecular weight is 254 g/mol. The SMILES string of the molecule is COc1cc(Cn2c(CO)c[nH]c2=S)nn1C. The number of rotatable bonds is 4. The van der Waals surface area contributed by atoms with Crippen molar-refractivity contribution in [2.75, 3.05) is 7.11 Å². The van der Waals surface area contributed by atoms with Gasteiger partial charge in [-0.3, -0.25) is 0 Å². The Morgan fingerprint density at radius 2 is 2.35 bits per heavy atom.